The topological polar surface area (TPSA) is 64.0 Å². The maximum atomic E-state index is 12.8. The number of amides is 1. The molecule has 1 amide bonds. The largest absolute Gasteiger partial charge is 0.346 e. The van der Waals surface area contributed by atoms with Crippen molar-refractivity contribution >= 4 is 39.2 Å². The van der Waals surface area contributed by atoms with Crippen molar-refractivity contribution in [3.8, 4) is 0 Å². The minimum atomic E-state index is -0.323. The smallest absolute Gasteiger partial charge is 0.252 e. The van der Waals surface area contributed by atoms with Crippen LogP contribution >= 0.6 is 27.5 Å². The van der Waals surface area contributed by atoms with Crippen molar-refractivity contribution in [1.29, 1.82) is 0 Å². The van der Waals surface area contributed by atoms with Crippen molar-refractivity contribution in [2.75, 3.05) is 0 Å². The molecular formula is C19H15BrClN3O2. The van der Waals surface area contributed by atoms with Gasteiger partial charge in [-0.25, -0.2) is 0 Å². The van der Waals surface area contributed by atoms with Crippen LogP contribution in [-0.2, 0) is 13.6 Å². The van der Waals surface area contributed by atoms with Crippen LogP contribution in [0.15, 0.2) is 59.2 Å². The number of hydrogen-bond donors (Lipinski definition) is 1. The lowest BCUT2D eigenvalue weighted by molar-refractivity contribution is 0.0939. The lowest BCUT2D eigenvalue weighted by atomic mass is 9.98. The lowest BCUT2D eigenvalue weighted by Crippen LogP contribution is -2.26. The van der Waals surface area contributed by atoms with Crippen molar-refractivity contribution in [1.82, 2.24) is 15.1 Å². The first kappa shape index (κ1) is 18.4. The van der Waals surface area contributed by atoms with Crippen LogP contribution in [0.1, 0.15) is 32.0 Å². The third kappa shape index (κ3) is 3.86. The van der Waals surface area contributed by atoms with Gasteiger partial charge in [0.25, 0.3) is 5.91 Å². The van der Waals surface area contributed by atoms with Gasteiger partial charge in [-0.1, -0.05) is 29.8 Å². The van der Waals surface area contributed by atoms with Crippen LogP contribution in [0.4, 0.5) is 0 Å². The van der Waals surface area contributed by atoms with E-state index < -0.39 is 0 Å². The maximum absolute atomic E-state index is 12.8. The average molecular weight is 433 g/mol. The second kappa shape index (κ2) is 7.85. The fourth-order valence-corrected chi connectivity index (χ4v) is 3.14. The van der Waals surface area contributed by atoms with Crippen molar-refractivity contribution in [2.45, 2.75) is 6.54 Å². The number of ketones is 1. The van der Waals surface area contributed by atoms with Gasteiger partial charge >= 0.3 is 0 Å². The van der Waals surface area contributed by atoms with Crippen molar-refractivity contribution in [3.63, 3.8) is 0 Å². The molecule has 0 radical (unpaired) electrons. The third-order valence-corrected chi connectivity index (χ3v) is 4.86. The van der Waals surface area contributed by atoms with Gasteiger partial charge in [0.2, 0.25) is 0 Å². The van der Waals surface area contributed by atoms with E-state index in [-0.39, 0.29) is 11.7 Å². The van der Waals surface area contributed by atoms with Crippen LogP contribution < -0.4 is 5.32 Å². The molecule has 26 heavy (non-hydrogen) atoms. The van der Waals surface area contributed by atoms with Crippen LogP contribution in [0.25, 0.3) is 0 Å². The molecule has 0 bridgehead atoms. The molecule has 132 valence electrons. The normalized spacial score (nSPS) is 10.6. The van der Waals surface area contributed by atoms with E-state index in [0.29, 0.717) is 28.3 Å². The van der Waals surface area contributed by atoms with Gasteiger partial charge in [-0.15, -0.1) is 0 Å². The second-order valence-corrected chi connectivity index (χ2v) is 6.92. The molecule has 5 nitrogen and oxygen atoms in total. The van der Waals surface area contributed by atoms with E-state index in [1.54, 1.807) is 66.5 Å². The molecule has 0 saturated carbocycles. The number of aryl methyl sites for hydroxylation is 1. The van der Waals surface area contributed by atoms with E-state index >= 15 is 0 Å². The summed E-state index contributed by atoms with van der Waals surface area (Å²) in [6.07, 6.45) is 1.67. The van der Waals surface area contributed by atoms with Crippen LogP contribution in [0.2, 0.25) is 5.02 Å². The fourth-order valence-electron chi connectivity index (χ4n) is 2.53. The molecule has 0 atom stereocenters. The number of aromatic nitrogens is 2. The Morgan fingerprint density at radius 2 is 1.77 bits per heavy atom. The summed E-state index contributed by atoms with van der Waals surface area (Å²) in [7, 11) is 1.80. The molecule has 7 heteroatoms. The van der Waals surface area contributed by atoms with Crippen LogP contribution in [0, 0.1) is 0 Å². The van der Waals surface area contributed by atoms with E-state index in [1.807, 2.05) is 0 Å². The number of hydrogen-bond acceptors (Lipinski definition) is 3. The van der Waals surface area contributed by atoms with Crippen LogP contribution in [0.3, 0.4) is 0 Å². The van der Waals surface area contributed by atoms with Gasteiger partial charge in [-0.05, 0) is 46.3 Å². The highest BCUT2D eigenvalue weighted by atomic mass is 79.9. The fraction of sp³-hybridized carbons (Fsp3) is 0.105. The Balaban J connectivity index is 1.83. The summed E-state index contributed by atoms with van der Waals surface area (Å²) in [5.74, 6) is -0.551. The Morgan fingerprint density at radius 3 is 2.38 bits per heavy atom. The molecule has 1 N–H and O–H groups in total. The number of rotatable bonds is 5. The van der Waals surface area contributed by atoms with E-state index in [2.05, 4.69) is 26.3 Å². The Kier molecular flexibility index (Phi) is 5.54. The molecule has 0 unspecified atom stereocenters. The monoisotopic (exact) mass is 431 g/mol. The van der Waals surface area contributed by atoms with Crippen molar-refractivity contribution < 1.29 is 9.59 Å². The predicted molar refractivity (Wildman–Crippen MR) is 103 cm³/mol. The molecule has 0 saturated heterocycles. The van der Waals surface area contributed by atoms with Gasteiger partial charge in [0, 0.05) is 23.2 Å². The van der Waals surface area contributed by atoms with Crippen LogP contribution in [-0.4, -0.2) is 21.5 Å². The van der Waals surface area contributed by atoms with Gasteiger partial charge in [-0.2, -0.15) is 5.10 Å². The quantitative estimate of drug-likeness (QED) is 0.620. The number of carbonyl (C=O) groups is 2. The van der Waals surface area contributed by atoms with Gasteiger partial charge in [0.15, 0.2) is 5.78 Å². The van der Waals surface area contributed by atoms with E-state index in [9.17, 15) is 9.59 Å². The summed E-state index contributed by atoms with van der Waals surface area (Å²) in [5, 5.41) is 7.50. The summed E-state index contributed by atoms with van der Waals surface area (Å²) in [6, 6.07) is 13.3. The first-order valence-electron chi connectivity index (χ1n) is 7.81. The SMILES string of the molecule is Cn1ncc(Br)c1CNC(=O)c1ccccc1C(=O)c1ccc(Cl)cc1. The number of benzene rings is 2. The third-order valence-electron chi connectivity index (χ3n) is 3.95. The molecule has 0 aliphatic heterocycles. The summed E-state index contributed by atoms with van der Waals surface area (Å²) in [6.45, 7) is 0.291. The lowest BCUT2D eigenvalue weighted by Gasteiger charge is -2.10. The predicted octanol–water partition coefficient (Wildman–Crippen LogP) is 4.00. The van der Waals surface area contributed by atoms with Gasteiger partial charge in [0.05, 0.1) is 28.5 Å². The Morgan fingerprint density at radius 1 is 1.12 bits per heavy atom. The van der Waals surface area contributed by atoms with Gasteiger partial charge < -0.3 is 5.32 Å². The number of halogens is 2. The first-order chi connectivity index (χ1) is 12.5. The Hall–Kier alpha value is -2.44. The maximum Gasteiger partial charge on any atom is 0.252 e. The molecule has 0 spiro atoms. The molecule has 3 rings (SSSR count). The highest BCUT2D eigenvalue weighted by Crippen LogP contribution is 2.18. The summed E-state index contributed by atoms with van der Waals surface area (Å²) in [4.78, 5) is 25.4. The second-order valence-electron chi connectivity index (χ2n) is 5.63. The molecule has 0 aliphatic carbocycles. The molecule has 1 aromatic heterocycles. The van der Waals surface area contributed by atoms with Gasteiger partial charge in [0.1, 0.15) is 0 Å². The van der Waals surface area contributed by atoms with E-state index in [1.165, 1.54) is 0 Å². The molecule has 1 heterocycles. The van der Waals surface area contributed by atoms with Crippen molar-refractivity contribution in [3.05, 3.63) is 86.6 Å². The first-order valence-corrected chi connectivity index (χ1v) is 8.98. The van der Waals surface area contributed by atoms with E-state index in [0.717, 1.165) is 10.2 Å². The molecule has 3 aromatic rings. The minimum absolute atomic E-state index is 0.228. The number of carbonyl (C=O) groups excluding carboxylic acids is 2. The Labute approximate surface area is 164 Å². The van der Waals surface area contributed by atoms with Crippen molar-refractivity contribution in [2.24, 2.45) is 7.05 Å². The minimum Gasteiger partial charge on any atom is -0.346 e. The summed E-state index contributed by atoms with van der Waals surface area (Å²) in [5.41, 5.74) is 1.98. The zero-order chi connectivity index (χ0) is 18.7. The van der Waals surface area contributed by atoms with Crippen LogP contribution in [0.5, 0.6) is 0 Å². The highest BCUT2D eigenvalue weighted by molar-refractivity contribution is 9.10. The van der Waals surface area contributed by atoms with E-state index in [4.69, 9.17) is 11.6 Å². The highest BCUT2D eigenvalue weighted by Gasteiger charge is 2.18. The average Bonchev–Trinajstić information content (AvgIpc) is 2.97. The number of nitrogens with zero attached hydrogens (tertiary/aromatic N) is 2. The standard InChI is InChI=1S/C19H15BrClN3O2/c1-24-17(16(20)10-23-24)11-22-19(26)15-5-3-2-4-14(15)18(25)12-6-8-13(21)9-7-12/h2-10H,11H2,1H3,(H,22,26). The molecule has 2 aromatic carbocycles. The molecular weight excluding hydrogens is 418 g/mol. The summed E-state index contributed by atoms with van der Waals surface area (Å²) < 4.78 is 2.49. The number of nitrogens with one attached hydrogen (secondary N) is 1. The molecule has 0 fully saturated rings. The summed E-state index contributed by atoms with van der Waals surface area (Å²) >= 11 is 9.27. The van der Waals surface area contributed by atoms with Gasteiger partial charge in [-0.3, -0.25) is 14.3 Å². The zero-order valence-electron chi connectivity index (χ0n) is 13.9. The Bertz CT molecular complexity index is 948. The zero-order valence-corrected chi connectivity index (χ0v) is 16.2. The molecule has 0 aliphatic rings.